The smallest absolute Gasteiger partial charge is 0.224 e. The summed E-state index contributed by atoms with van der Waals surface area (Å²) in [6, 6.07) is 0. The molecule has 0 aliphatic rings. The molecule has 0 spiro atoms. The SMILES string of the molecule is CCCCCCC(CCCCC)c1cnn2c(N)ncnc12. The van der Waals surface area contributed by atoms with Gasteiger partial charge in [0.05, 0.1) is 6.20 Å². The Hall–Kier alpha value is -1.65. The van der Waals surface area contributed by atoms with E-state index in [9.17, 15) is 0 Å². The minimum atomic E-state index is 0.412. The molecule has 2 aromatic heterocycles. The minimum absolute atomic E-state index is 0.412. The number of hydrogen-bond acceptors (Lipinski definition) is 4. The summed E-state index contributed by atoms with van der Waals surface area (Å²) in [6.07, 6.45) is 14.9. The number of nitrogens with zero attached hydrogens (tertiary/aromatic N) is 4. The highest BCUT2D eigenvalue weighted by Gasteiger charge is 2.18. The summed E-state index contributed by atoms with van der Waals surface area (Å²) in [7, 11) is 0. The van der Waals surface area contributed by atoms with Crippen molar-refractivity contribution < 1.29 is 0 Å². The molecule has 22 heavy (non-hydrogen) atoms. The van der Waals surface area contributed by atoms with Gasteiger partial charge in [0, 0.05) is 5.56 Å². The van der Waals surface area contributed by atoms with Crippen LogP contribution in [-0.4, -0.2) is 19.6 Å². The second-order valence-corrected chi connectivity index (χ2v) is 6.11. The third-order valence-electron chi connectivity index (χ3n) is 4.36. The van der Waals surface area contributed by atoms with Gasteiger partial charge in [-0.05, 0) is 18.8 Å². The quantitative estimate of drug-likeness (QED) is 0.663. The van der Waals surface area contributed by atoms with E-state index in [1.165, 1.54) is 69.7 Å². The number of aromatic nitrogens is 4. The fraction of sp³-hybridized carbons (Fsp3) is 0.706. The lowest BCUT2D eigenvalue weighted by atomic mass is 9.90. The van der Waals surface area contributed by atoms with Gasteiger partial charge in [0.2, 0.25) is 5.95 Å². The summed E-state index contributed by atoms with van der Waals surface area (Å²) >= 11 is 0. The first-order valence-corrected chi connectivity index (χ1v) is 8.72. The van der Waals surface area contributed by atoms with Crippen LogP contribution < -0.4 is 5.73 Å². The predicted octanol–water partition coefficient (Wildman–Crippen LogP) is 4.34. The Morgan fingerprint density at radius 2 is 1.68 bits per heavy atom. The molecule has 5 heteroatoms. The molecule has 0 saturated heterocycles. The predicted molar refractivity (Wildman–Crippen MR) is 90.8 cm³/mol. The van der Waals surface area contributed by atoms with Crippen LogP contribution in [0.25, 0.3) is 5.65 Å². The maximum absolute atomic E-state index is 5.88. The largest absolute Gasteiger partial charge is 0.368 e. The minimum Gasteiger partial charge on any atom is -0.368 e. The Morgan fingerprint density at radius 3 is 2.41 bits per heavy atom. The molecule has 5 nitrogen and oxygen atoms in total. The van der Waals surface area contributed by atoms with E-state index in [4.69, 9.17) is 5.73 Å². The molecule has 2 rings (SSSR count). The van der Waals surface area contributed by atoms with Crippen molar-refractivity contribution in [2.24, 2.45) is 0 Å². The molecule has 0 bridgehead atoms. The summed E-state index contributed by atoms with van der Waals surface area (Å²) in [4.78, 5) is 8.41. The molecule has 0 saturated carbocycles. The highest BCUT2D eigenvalue weighted by Crippen LogP contribution is 2.30. The number of nitrogen functional groups attached to an aromatic ring is 1. The average Bonchev–Trinajstić information content (AvgIpc) is 2.95. The van der Waals surface area contributed by atoms with Crippen molar-refractivity contribution in [3.05, 3.63) is 18.1 Å². The topological polar surface area (TPSA) is 69.1 Å². The fourth-order valence-electron chi connectivity index (χ4n) is 3.05. The fourth-order valence-corrected chi connectivity index (χ4v) is 3.05. The van der Waals surface area contributed by atoms with Gasteiger partial charge >= 0.3 is 0 Å². The summed E-state index contributed by atoms with van der Waals surface area (Å²) in [6.45, 7) is 4.50. The van der Waals surface area contributed by atoms with E-state index in [0.29, 0.717) is 11.9 Å². The van der Waals surface area contributed by atoms with Gasteiger partial charge in [-0.2, -0.15) is 9.61 Å². The van der Waals surface area contributed by atoms with Gasteiger partial charge in [0.1, 0.15) is 6.33 Å². The second kappa shape index (κ2) is 8.71. The van der Waals surface area contributed by atoms with Gasteiger partial charge in [-0.3, -0.25) is 0 Å². The van der Waals surface area contributed by atoms with E-state index in [1.54, 1.807) is 4.52 Å². The number of rotatable bonds is 10. The highest BCUT2D eigenvalue weighted by molar-refractivity contribution is 5.50. The van der Waals surface area contributed by atoms with E-state index in [2.05, 4.69) is 28.9 Å². The van der Waals surface area contributed by atoms with Crippen molar-refractivity contribution in [3.8, 4) is 0 Å². The molecule has 0 fully saturated rings. The number of anilines is 1. The van der Waals surface area contributed by atoms with E-state index in [1.807, 2.05) is 6.20 Å². The highest BCUT2D eigenvalue weighted by atomic mass is 15.3. The Labute approximate surface area is 133 Å². The third kappa shape index (κ3) is 4.18. The van der Waals surface area contributed by atoms with Gasteiger partial charge in [0.25, 0.3) is 0 Å². The summed E-state index contributed by atoms with van der Waals surface area (Å²) < 4.78 is 1.66. The summed E-state index contributed by atoms with van der Waals surface area (Å²) in [5, 5.41) is 4.38. The first-order valence-electron chi connectivity index (χ1n) is 8.72. The second-order valence-electron chi connectivity index (χ2n) is 6.11. The van der Waals surface area contributed by atoms with Crippen LogP contribution in [0.3, 0.4) is 0 Å². The zero-order valence-electron chi connectivity index (χ0n) is 14.0. The third-order valence-corrected chi connectivity index (χ3v) is 4.36. The molecule has 0 aliphatic heterocycles. The molecule has 1 atom stereocenters. The van der Waals surface area contributed by atoms with E-state index in [-0.39, 0.29) is 0 Å². The zero-order valence-corrected chi connectivity index (χ0v) is 14.0. The normalized spacial score (nSPS) is 12.8. The molecule has 2 heterocycles. The van der Waals surface area contributed by atoms with Gasteiger partial charge in [0.15, 0.2) is 5.65 Å². The average molecular weight is 303 g/mol. The van der Waals surface area contributed by atoms with Crippen LogP contribution in [0.4, 0.5) is 5.95 Å². The van der Waals surface area contributed by atoms with E-state index >= 15 is 0 Å². The molecule has 0 aromatic carbocycles. The van der Waals surface area contributed by atoms with Gasteiger partial charge < -0.3 is 5.73 Å². The molecule has 2 aromatic rings. The molecule has 0 radical (unpaired) electrons. The van der Waals surface area contributed by atoms with Crippen LogP contribution in [0, 0.1) is 0 Å². The molecule has 0 amide bonds. The Bertz CT molecular complexity index is 563. The molecular weight excluding hydrogens is 274 g/mol. The lowest BCUT2D eigenvalue weighted by Crippen LogP contribution is -2.04. The van der Waals surface area contributed by atoms with Gasteiger partial charge in [-0.1, -0.05) is 58.8 Å². The lowest BCUT2D eigenvalue weighted by molar-refractivity contribution is 0.503. The number of unbranched alkanes of at least 4 members (excludes halogenated alkanes) is 5. The molecule has 1 unspecified atom stereocenters. The van der Waals surface area contributed by atoms with Crippen LogP contribution in [0.5, 0.6) is 0 Å². The van der Waals surface area contributed by atoms with Crippen molar-refractivity contribution in [2.45, 2.75) is 77.6 Å². The van der Waals surface area contributed by atoms with Crippen LogP contribution >= 0.6 is 0 Å². The molecular formula is C17H29N5. The van der Waals surface area contributed by atoms with Gasteiger partial charge in [-0.15, -0.1) is 0 Å². The standard InChI is InChI=1S/C17H29N5/c1-3-5-7-9-11-14(10-8-6-4-2)15-12-21-22-16(15)19-13-20-17(22)18/h12-14H,3-11H2,1-2H3,(H2,18,19,20). The maximum atomic E-state index is 5.88. The van der Waals surface area contributed by atoms with Crippen LogP contribution in [0.2, 0.25) is 0 Å². The van der Waals surface area contributed by atoms with E-state index in [0.717, 1.165) is 5.65 Å². The number of hydrogen-bond donors (Lipinski definition) is 1. The van der Waals surface area contributed by atoms with E-state index < -0.39 is 0 Å². The van der Waals surface area contributed by atoms with Crippen LogP contribution in [-0.2, 0) is 0 Å². The number of nitrogens with two attached hydrogens (primary N) is 1. The molecule has 2 N–H and O–H groups in total. The zero-order chi connectivity index (χ0) is 15.8. The van der Waals surface area contributed by atoms with Crippen molar-refractivity contribution in [1.82, 2.24) is 19.6 Å². The maximum Gasteiger partial charge on any atom is 0.224 e. The Morgan fingerprint density at radius 1 is 1.00 bits per heavy atom. The van der Waals surface area contributed by atoms with Crippen molar-refractivity contribution in [3.63, 3.8) is 0 Å². The Kier molecular flexibility index (Phi) is 6.62. The van der Waals surface area contributed by atoms with Crippen LogP contribution in [0.1, 0.15) is 83.1 Å². The number of fused-ring (bicyclic) bond motifs is 1. The molecule has 0 aliphatic carbocycles. The monoisotopic (exact) mass is 303 g/mol. The first kappa shape index (κ1) is 16.7. The molecule has 122 valence electrons. The lowest BCUT2D eigenvalue weighted by Gasteiger charge is -2.15. The first-order chi connectivity index (χ1) is 10.8. The summed E-state index contributed by atoms with van der Waals surface area (Å²) in [5.41, 5.74) is 8.00. The van der Waals surface area contributed by atoms with Crippen molar-refractivity contribution in [2.75, 3.05) is 5.73 Å². The van der Waals surface area contributed by atoms with Gasteiger partial charge in [-0.25, -0.2) is 9.97 Å². The van der Waals surface area contributed by atoms with Crippen LogP contribution in [0.15, 0.2) is 12.5 Å². The Balaban J connectivity index is 2.12. The summed E-state index contributed by atoms with van der Waals surface area (Å²) in [5.74, 6) is 0.949. The van der Waals surface area contributed by atoms with Crippen molar-refractivity contribution >= 4 is 11.6 Å². The van der Waals surface area contributed by atoms with Crippen molar-refractivity contribution in [1.29, 1.82) is 0 Å².